The molecule has 1 saturated heterocycles. The standard InChI is InChI=1S/C19H19N7O/c1-25-15-11-12(21-18-17-14(22-23-18)5-4-8-20-17)6-7-13(15)16(24-25)19(27)26-9-2-3-10-26/h4-8,11H,2-3,9-10H2,1H3,(H2,21,22,23). The van der Waals surface area contributed by atoms with Gasteiger partial charge in [0.1, 0.15) is 5.52 Å². The fraction of sp³-hybridized carbons (Fsp3) is 0.263. The molecule has 27 heavy (non-hydrogen) atoms. The lowest BCUT2D eigenvalue weighted by atomic mass is 10.1. The number of rotatable bonds is 3. The van der Waals surface area contributed by atoms with Crippen LogP contribution in [0.15, 0.2) is 36.5 Å². The Hall–Kier alpha value is -3.42. The zero-order valence-electron chi connectivity index (χ0n) is 14.9. The normalized spacial score (nSPS) is 14.3. The Labute approximate surface area is 155 Å². The molecule has 3 aromatic heterocycles. The molecular formula is C19H19N7O. The van der Waals surface area contributed by atoms with Gasteiger partial charge in [0, 0.05) is 37.4 Å². The summed E-state index contributed by atoms with van der Waals surface area (Å²) in [6.45, 7) is 1.63. The summed E-state index contributed by atoms with van der Waals surface area (Å²) in [4.78, 5) is 19.0. The number of anilines is 2. The summed E-state index contributed by atoms with van der Waals surface area (Å²) in [5.74, 6) is 0.682. The van der Waals surface area contributed by atoms with Crippen molar-refractivity contribution in [3.63, 3.8) is 0 Å². The van der Waals surface area contributed by atoms with Crippen molar-refractivity contribution in [3.8, 4) is 0 Å². The van der Waals surface area contributed by atoms with Crippen LogP contribution in [0.2, 0.25) is 0 Å². The minimum Gasteiger partial charge on any atom is -0.337 e. The number of hydrogen-bond donors (Lipinski definition) is 2. The van der Waals surface area contributed by atoms with Crippen molar-refractivity contribution in [2.75, 3.05) is 18.4 Å². The van der Waals surface area contributed by atoms with E-state index < -0.39 is 0 Å². The van der Waals surface area contributed by atoms with E-state index >= 15 is 0 Å². The summed E-state index contributed by atoms with van der Waals surface area (Å²) in [5, 5.41) is 15.9. The number of aromatic nitrogens is 5. The number of fused-ring (bicyclic) bond motifs is 2. The van der Waals surface area contributed by atoms with E-state index in [1.165, 1.54) is 0 Å². The van der Waals surface area contributed by atoms with Gasteiger partial charge in [-0.1, -0.05) is 0 Å². The van der Waals surface area contributed by atoms with Crippen molar-refractivity contribution in [2.45, 2.75) is 12.8 Å². The van der Waals surface area contributed by atoms with Crippen LogP contribution in [0.5, 0.6) is 0 Å². The first-order chi connectivity index (χ1) is 13.2. The van der Waals surface area contributed by atoms with Gasteiger partial charge in [0.2, 0.25) is 0 Å². The fourth-order valence-electron chi connectivity index (χ4n) is 3.64. The van der Waals surface area contributed by atoms with Crippen molar-refractivity contribution in [3.05, 3.63) is 42.2 Å². The molecule has 2 N–H and O–H groups in total. The summed E-state index contributed by atoms with van der Waals surface area (Å²) >= 11 is 0. The van der Waals surface area contributed by atoms with E-state index in [1.807, 2.05) is 42.3 Å². The molecule has 0 atom stereocenters. The zero-order chi connectivity index (χ0) is 18.4. The molecule has 1 aliphatic heterocycles. The quantitative estimate of drug-likeness (QED) is 0.585. The van der Waals surface area contributed by atoms with Crippen LogP contribution in [-0.2, 0) is 7.05 Å². The number of nitrogens with one attached hydrogen (secondary N) is 2. The van der Waals surface area contributed by atoms with Crippen LogP contribution < -0.4 is 5.32 Å². The predicted octanol–water partition coefficient (Wildman–Crippen LogP) is 2.82. The first-order valence-electron chi connectivity index (χ1n) is 9.03. The highest BCUT2D eigenvalue weighted by Crippen LogP contribution is 2.27. The Morgan fingerprint density at radius 2 is 2.07 bits per heavy atom. The number of hydrogen-bond acceptors (Lipinski definition) is 5. The molecule has 8 heteroatoms. The minimum absolute atomic E-state index is 0.0151. The molecule has 4 aromatic rings. The van der Waals surface area contributed by atoms with Gasteiger partial charge in [-0.15, -0.1) is 0 Å². The number of benzene rings is 1. The molecule has 0 aliphatic carbocycles. The van der Waals surface area contributed by atoms with Gasteiger partial charge in [-0.2, -0.15) is 10.2 Å². The third kappa shape index (κ3) is 2.61. The molecule has 1 amide bonds. The lowest BCUT2D eigenvalue weighted by Crippen LogP contribution is -2.28. The van der Waals surface area contributed by atoms with E-state index in [0.29, 0.717) is 11.5 Å². The molecule has 0 saturated carbocycles. The number of carbonyl (C=O) groups is 1. The first-order valence-corrected chi connectivity index (χ1v) is 9.03. The average Bonchev–Trinajstić information content (AvgIpc) is 3.42. The van der Waals surface area contributed by atoms with Crippen molar-refractivity contribution in [1.82, 2.24) is 29.9 Å². The van der Waals surface area contributed by atoms with Crippen LogP contribution in [0, 0.1) is 0 Å². The van der Waals surface area contributed by atoms with Gasteiger partial charge in [-0.3, -0.25) is 19.6 Å². The largest absolute Gasteiger partial charge is 0.337 e. The Morgan fingerprint density at radius 1 is 1.22 bits per heavy atom. The van der Waals surface area contributed by atoms with Gasteiger partial charge in [-0.25, -0.2) is 0 Å². The van der Waals surface area contributed by atoms with E-state index in [9.17, 15) is 4.79 Å². The first kappa shape index (κ1) is 15.8. The molecule has 1 aliphatic rings. The maximum atomic E-state index is 12.8. The van der Waals surface area contributed by atoms with E-state index in [4.69, 9.17) is 0 Å². The fourth-order valence-corrected chi connectivity index (χ4v) is 3.64. The van der Waals surface area contributed by atoms with Crippen molar-refractivity contribution < 1.29 is 4.79 Å². The third-order valence-electron chi connectivity index (χ3n) is 5.03. The Bertz CT molecular complexity index is 1150. The van der Waals surface area contributed by atoms with Gasteiger partial charge < -0.3 is 10.2 Å². The van der Waals surface area contributed by atoms with Crippen LogP contribution in [0.3, 0.4) is 0 Å². The SMILES string of the molecule is Cn1nc(C(=O)N2CCCC2)c2ccc(Nc3n[nH]c4cccnc34)cc21. The number of aryl methyl sites for hydroxylation is 1. The highest BCUT2D eigenvalue weighted by atomic mass is 16.2. The monoisotopic (exact) mass is 361 g/mol. The number of amides is 1. The molecule has 1 aromatic carbocycles. The Balaban J connectivity index is 1.50. The number of nitrogens with zero attached hydrogens (tertiary/aromatic N) is 5. The van der Waals surface area contributed by atoms with Crippen LogP contribution in [0.25, 0.3) is 21.9 Å². The van der Waals surface area contributed by atoms with E-state index in [2.05, 4.69) is 25.6 Å². The second-order valence-corrected chi connectivity index (χ2v) is 6.80. The zero-order valence-corrected chi connectivity index (χ0v) is 14.9. The summed E-state index contributed by atoms with van der Waals surface area (Å²) < 4.78 is 1.75. The second-order valence-electron chi connectivity index (χ2n) is 6.80. The highest BCUT2D eigenvalue weighted by Gasteiger charge is 2.24. The molecule has 1 fully saturated rings. The second kappa shape index (κ2) is 6.08. The number of likely N-dealkylation sites (tertiary alicyclic amines) is 1. The molecular weight excluding hydrogens is 342 g/mol. The summed E-state index contributed by atoms with van der Waals surface area (Å²) in [7, 11) is 1.86. The van der Waals surface area contributed by atoms with Crippen LogP contribution in [0.1, 0.15) is 23.3 Å². The molecule has 0 spiro atoms. The average molecular weight is 361 g/mol. The molecule has 0 bridgehead atoms. The lowest BCUT2D eigenvalue weighted by Gasteiger charge is -2.13. The van der Waals surface area contributed by atoms with Crippen molar-refractivity contribution >= 4 is 39.3 Å². The van der Waals surface area contributed by atoms with Gasteiger partial charge in [0.05, 0.1) is 11.0 Å². The number of pyridine rings is 1. The maximum absolute atomic E-state index is 12.8. The molecule has 4 heterocycles. The topological polar surface area (TPSA) is 91.7 Å². The van der Waals surface area contributed by atoms with E-state index in [-0.39, 0.29) is 5.91 Å². The number of H-pyrrole nitrogens is 1. The Kier molecular flexibility index (Phi) is 3.56. The summed E-state index contributed by atoms with van der Waals surface area (Å²) in [6, 6.07) is 9.66. The predicted molar refractivity (Wildman–Crippen MR) is 103 cm³/mol. The minimum atomic E-state index is 0.0151. The summed E-state index contributed by atoms with van der Waals surface area (Å²) in [5.41, 5.74) is 3.94. The molecule has 136 valence electrons. The van der Waals surface area contributed by atoms with Crippen LogP contribution in [0.4, 0.5) is 11.5 Å². The van der Waals surface area contributed by atoms with Crippen molar-refractivity contribution in [2.24, 2.45) is 7.05 Å². The van der Waals surface area contributed by atoms with Crippen LogP contribution >= 0.6 is 0 Å². The van der Waals surface area contributed by atoms with E-state index in [1.54, 1.807) is 10.9 Å². The van der Waals surface area contributed by atoms with E-state index in [0.717, 1.165) is 53.6 Å². The van der Waals surface area contributed by atoms with Crippen LogP contribution in [-0.4, -0.2) is 48.9 Å². The van der Waals surface area contributed by atoms with Gasteiger partial charge >= 0.3 is 0 Å². The van der Waals surface area contributed by atoms with Gasteiger partial charge in [0.25, 0.3) is 5.91 Å². The van der Waals surface area contributed by atoms with Gasteiger partial charge in [-0.05, 0) is 43.2 Å². The maximum Gasteiger partial charge on any atom is 0.274 e. The highest BCUT2D eigenvalue weighted by molar-refractivity contribution is 6.05. The smallest absolute Gasteiger partial charge is 0.274 e. The Morgan fingerprint density at radius 3 is 2.93 bits per heavy atom. The molecule has 0 unspecified atom stereocenters. The number of aromatic amines is 1. The third-order valence-corrected chi connectivity index (χ3v) is 5.03. The van der Waals surface area contributed by atoms with Gasteiger partial charge in [0.15, 0.2) is 11.5 Å². The molecule has 8 nitrogen and oxygen atoms in total. The molecule has 5 rings (SSSR count). The molecule has 0 radical (unpaired) electrons. The lowest BCUT2D eigenvalue weighted by molar-refractivity contribution is 0.0788. The number of carbonyl (C=O) groups excluding carboxylic acids is 1. The summed E-state index contributed by atoms with van der Waals surface area (Å²) in [6.07, 6.45) is 3.87. The van der Waals surface area contributed by atoms with Crippen molar-refractivity contribution in [1.29, 1.82) is 0 Å².